The Hall–Kier alpha value is -4.16. The maximum absolute atomic E-state index is 13.6. The first-order valence-electron chi connectivity index (χ1n) is 13.1. The van der Waals surface area contributed by atoms with E-state index in [-0.39, 0.29) is 42.0 Å². The van der Waals surface area contributed by atoms with Gasteiger partial charge >= 0.3 is 12.3 Å². The highest BCUT2D eigenvalue weighted by Gasteiger charge is 2.54. The van der Waals surface area contributed by atoms with E-state index in [2.05, 4.69) is 4.98 Å². The number of halogens is 6. The summed E-state index contributed by atoms with van der Waals surface area (Å²) in [6.07, 6.45) is -3.76. The summed E-state index contributed by atoms with van der Waals surface area (Å²) in [5.74, 6) is -2.87. The Morgan fingerprint density at radius 2 is 1.90 bits per heavy atom. The summed E-state index contributed by atoms with van der Waals surface area (Å²) < 4.78 is 86.3. The summed E-state index contributed by atoms with van der Waals surface area (Å²) in [5.41, 5.74) is -0.403. The van der Waals surface area contributed by atoms with E-state index in [1.165, 1.54) is 24.4 Å². The number of Topliss-reactive ketones (excluding diaryl/α,β-unsaturated/α-hetero) is 1. The minimum atomic E-state index is -4.76. The molecule has 2 aromatic rings. The second-order valence-corrected chi connectivity index (χ2v) is 10.5. The Kier molecular flexibility index (Phi) is 7.62. The number of pyridine rings is 1. The van der Waals surface area contributed by atoms with Gasteiger partial charge in [-0.15, -0.1) is 0 Å². The molecule has 13 heteroatoms. The van der Waals surface area contributed by atoms with Gasteiger partial charge in [0, 0.05) is 29.5 Å². The lowest BCUT2D eigenvalue weighted by atomic mass is 9.84. The largest absolute Gasteiger partial charge is 0.436 e. The molecular formula is C29H25F6N3O4. The van der Waals surface area contributed by atoms with Crippen molar-refractivity contribution < 1.29 is 45.5 Å². The Labute approximate surface area is 236 Å². The third-order valence-electron chi connectivity index (χ3n) is 7.85. The highest BCUT2D eigenvalue weighted by molar-refractivity contribution is 6.05. The summed E-state index contributed by atoms with van der Waals surface area (Å²) in [7, 11) is 0. The zero-order valence-corrected chi connectivity index (χ0v) is 22.2. The van der Waals surface area contributed by atoms with Gasteiger partial charge in [-0.1, -0.05) is 24.3 Å². The van der Waals surface area contributed by atoms with E-state index in [4.69, 9.17) is 4.74 Å². The highest BCUT2D eigenvalue weighted by atomic mass is 19.4. The molecular weight excluding hydrogens is 568 g/mol. The molecule has 5 rings (SSSR count). The Bertz CT molecular complexity index is 1470. The van der Waals surface area contributed by atoms with Crippen LogP contribution in [-0.4, -0.2) is 63.5 Å². The third-order valence-corrected chi connectivity index (χ3v) is 7.85. The normalized spacial score (nSPS) is 22.7. The zero-order valence-electron chi connectivity index (χ0n) is 22.2. The Morgan fingerprint density at radius 1 is 1.19 bits per heavy atom. The van der Waals surface area contributed by atoms with Crippen molar-refractivity contribution in [2.75, 3.05) is 13.1 Å². The zero-order chi connectivity index (χ0) is 30.4. The summed E-state index contributed by atoms with van der Waals surface area (Å²) in [6, 6.07) is 4.79. The molecule has 1 saturated heterocycles. The van der Waals surface area contributed by atoms with Crippen molar-refractivity contribution in [3.8, 4) is 0 Å². The van der Waals surface area contributed by atoms with Crippen LogP contribution in [0.5, 0.6) is 0 Å². The van der Waals surface area contributed by atoms with Gasteiger partial charge in [0.1, 0.15) is 18.4 Å². The Balaban J connectivity index is 1.33. The molecule has 7 nitrogen and oxygen atoms in total. The first kappa shape index (κ1) is 29.3. The van der Waals surface area contributed by atoms with E-state index in [1.54, 1.807) is 6.08 Å². The standard InChI is InChI=1S/C29H25F6N3O4/c1-16(29(33,34)35)38(13-17-2-4-19(30)5-3-17)24(39)14-37-15-28(42-27(37)41)10-8-20-22(28)7-6-21(25(20)40)23-12-18(26(31)32)9-11-36-23/h2-7,9,11-12,16,21,26H,8,10,13-15H2,1H3/t16-,21?,28-/m0/s1. The van der Waals surface area contributed by atoms with Crippen LogP contribution in [0.2, 0.25) is 0 Å². The molecule has 1 aromatic carbocycles. The van der Waals surface area contributed by atoms with Crippen molar-refractivity contribution in [2.24, 2.45) is 0 Å². The molecule has 0 saturated carbocycles. The van der Waals surface area contributed by atoms with Crippen LogP contribution in [0.25, 0.3) is 0 Å². The lowest BCUT2D eigenvalue weighted by Crippen LogP contribution is -2.50. The second-order valence-electron chi connectivity index (χ2n) is 10.5. The smallest absolute Gasteiger partial charge is 0.411 e. The van der Waals surface area contributed by atoms with E-state index in [1.807, 2.05) is 0 Å². The van der Waals surface area contributed by atoms with Gasteiger partial charge in [-0.05, 0) is 49.6 Å². The highest BCUT2D eigenvalue weighted by Crippen LogP contribution is 2.47. The lowest BCUT2D eigenvalue weighted by molar-refractivity contribution is -0.187. The van der Waals surface area contributed by atoms with Crippen molar-refractivity contribution in [2.45, 2.75) is 56.5 Å². The van der Waals surface area contributed by atoms with Crippen LogP contribution in [0.1, 0.15) is 48.9 Å². The molecule has 1 aromatic heterocycles. The molecule has 2 aliphatic carbocycles. The van der Waals surface area contributed by atoms with Crippen LogP contribution in [0.4, 0.5) is 31.1 Å². The van der Waals surface area contributed by atoms with E-state index in [0.717, 1.165) is 36.1 Å². The number of nitrogens with zero attached hydrogens (tertiary/aromatic N) is 3. The summed E-state index contributed by atoms with van der Waals surface area (Å²) >= 11 is 0. The monoisotopic (exact) mass is 593 g/mol. The minimum absolute atomic E-state index is 0.150. The second kappa shape index (κ2) is 10.9. The molecule has 0 bridgehead atoms. The predicted octanol–water partition coefficient (Wildman–Crippen LogP) is 5.64. The number of alkyl halides is 5. The van der Waals surface area contributed by atoms with E-state index >= 15 is 0 Å². The summed E-state index contributed by atoms with van der Waals surface area (Å²) in [4.78, 5) is 45.0. The number of carbonyl (C=O) groups is 3. The number of benzene rings is 1. The van der Waals surface area contributed by atoms with Crippen LogP contribution < -0.4 is 0 Å². The average molecular weight is 594 g/mol. The fourth-order valence-electron chi connectivity index (χ4n) is 5.54. The molecule has 3 aliphatic rings. The molecule has 2 heterocycles. The van der Waals surface area contributed by atoms with Crippen LogP contribution >= 0.6 is 0 Å². The summed E-state index contributed by atoms with van der Waals surface area (Å²) in [5, 5.41) is 0. The first-order valence-corrected chi connectivity index (χ1v) is 13.1. The van der Waals surface area contributed by atoms with E-state index in [9.17, 15) is 40.7 Å². The number of ketones is 1. The molecule has 1 unspecified atom stereocenters. The Morgan fingerprint density at radius 3 is 2.57 bits per heavy atom. The van der Waals surface area contributed by atoms with Gasteiger partial charge in [-0.3, -0.25) is 19.5 Å². The van der Waals surface area contributed by atoms with Gasteiger partial charge in [0.25, 0.3) is 6.43 Å². The molecule has 42 heavy (non-hydrogen) atoms. The quantitative estimate of drug-likeness (QED) is 0.389. The molecule has 2 amide bonds. The molecule has 1 fully saturated rings. The molecule has 0 N–H and O–H groups in total. The van der Waals surface area contributed by atoms with Crippen molar-refractivity contribution in [3.63, 3.8) is 0 Å². The molecule has 3 atom stereocenters. The van der Waals surface area contributed by atoms with Gasteiger partial charge in [-0.25, -0.2) is 18.0 Å². The van der Waals surface area contributed by atoms with E-state index < -0.39 is 61.1 Å². The fourth-order valence-corrected chi connectivity index (χ4v) is 5.54. The summed E-state index contributed by atoms with van der Waals surface area (Å²) in [6.45, 7) is -0.541. The van der Waals surface area contributed by atoms with Gasteiger partial charge in [-0.2, -0.15) is 13.2 Å². The molecule has 0 radical (unpaired) electrons. The van der Waals surface area contributed by atoms with E-state index in [0.29, 0.717) is 16.0 Å². The number of hydrogen-bond acceptors (Lipinski definition) is 5. The number of allylic oxidation sites excluding steroid dienone is 2. The number of fused-ring (bicyclic) bond motifs is 1. The third kappa shape index (κ3) is 5.51. The maximum Gasteiger partial charge on any atom is 0.411 e. The van der Waals surface area contributed by atoms with Gasteiger partial charge < -0.3 is 9.64 Å². The van der Waals surface area contributed by atoms with Crippen LogP contribution in [0, 0.1) is 5.82 Å². The minimum Gasteiger partial charge on any atom is -0.436 e. The first-order chi connectivity index (χ1) is 19.8. The molecule has 222 valence electrons. The maximum atomic E-state index is 13.6. The van der Waals surface area contributed by atoms with Crippen molar-refractivity contribution >= 4 is 17.8 Å². The SMILES string of the molecule is C[C@H](N(Cc1ccc(F)cc1)C(=O)CN1C[C@]2(CCC3=C2C=CC(c2cc(C(F)F)ccn2)C3=O)OC1=O)C(F)(F)F. The van der Waals surface area contributed by atoms with Crippen molar-refractivity contribution in [1.29, 1.82) is 0 Å². The van der Waals surface area contributed by atoms with Crippen LogP contribution in [0.15, 0.2) is 65.9 Å². The number of aromatic nitrogens is 1. The van der Waals surface area contributed by atoms with Crippen molar-refractivity contribution in [1.82, 2.24) is 14.8 Å². The number of rotatable bonds is 7. The number of amides is 2. The number of hydrogen-bond donors (Lipinski definition) is 0. The number of ether oxygens (including phenoxy) is 1. The van der Waals surface area contributed by atoms with Crippen LogP contribution in [0.3, 0.4) is 0 Å². The molecule has 1 aliphatic heterocycles. The topological polar surface area (TPSA) is 79.8 Å². The molecule has 1 spiro atoms. The van der Waals surface area contributed by atoms with Gasteiger partial charge in [0.15, 0.2) is 11.4 Å². The van der Waals surface area contributed by atoms with Crippen LogP contribution in [-0.2, 0) is 20.9 Å². The van der Waals surface area contributed by atoms with Gasteiger partial charge in [0.05, 0.1) is 18.2 Å². The fraction of sp³-hybridized carbons (Fsp3) is 0.379. The average Bonchev–Trinajstić information content (AvgIpc) is 3.46. The lowest BCUT2D eigenvalue weighted by Gasteiger charge is -2.32. The van der Waals surface area contributed by atoms with Gasteiger partial charge in [0.2, 0.25) is 5.91 Å². The predicted molar refractivity (Wildman–Crippen MR) is 136 cm³/mol. The van der Waals surface area contributed by atoms with Crippen molar-refractivity contribution in [3.05, 3.63) is 88.5 Å². The number of carbonyl (C=O) groups excluding carboxylic acids is 3.